The number of halogens is 3. The normalized spacial score (nSPS) is 20.9. The summed E-state index contributed by atoms with van der Waals surface area (Å²) in [5.41, 5.74) is -1.17. The van der Waals surface area contributed by atoms with Crippen LogP contribution in [0.4, 0.5) is 13.6 Å². The van der Waals surface area contributed by atoms with Gasteiger partial charge in [-0.1, -0.05) is 52.3 Å². The number of hydrogen-bond acceptors (Lipinski definition) is 6. The minimum Gasteiger partial charge on any atom is -0.490 e. The van der Waals surface area contributed by atoms with Crippen LogP contribution in [-0.2, 0) is 20.2 Å². The van der Waals surface area contributed by atoms with Gasteiger partial charge >= 0.3 is 12.0 Å². The lowest BCUT2D eigenvalue weighted by Gasteiger charge is -2.42. The maximum Gasteiger partial charge on any atom is 0.407 e. The van der Waals surface area contributed by atoms with Gasteiger partial charge in [0.2, 0.25) is 5.78 Å². The Hall–Kier alpha value is -4.58. The SMILES string of the molecule is CC(C)(C)OC(=O)NC1CC2CCC(C1)N2C(=O)C(NC(=O)C(=O)c1ccc2cc(OC3CCCC3)ccc2c1)C(F)(F)c1ccc2cc(Br)ccc2c1. The first-order valence-electron chi connectivity index (χ1n) is 18.6. The largest absolute Gasteiger partial charge is 0.490 e. The van der Waals surface area contributed by atoms with Gasteiger partial charge in [0.15, 0.2) is 6.04 Å². The minimum absolute atomic E-state index is 0.00404. The summed E-state index contributed by atoms with van der Waals surface area (Å²) in [5, 5.41) is 7.76. The number of carbonyl (C=O) groups excluding carboxylic acids is 4. The van der Waals surface area contributed by atoms with Gasteiger partial charge in [0.1, 0.15) is 11.4 Å². The maximum atomic E-state index is 16.9. The monoisotopic (exact) mass is 803 g/mol. The molecule has 4 aromatic carbocycles. The number of rotatable bonds is 9. The molecule has 12 heteroatoms. The number of nitrogens with one attached hydrogen (secondary N) is 2. The van der Waals surface area contributed by atoms with Crippen LogP contribution in [-0.4, -0.2) is 64.5 Å². The van der Waals surface area contributed by atoms with Crippen molar-refractivity contribution < 1.29 is 37.4 Å². The van der Waals surface area contributed by atoms with Crippen LogP contribution in [0.15, 0.2) is 77.3 Å². The van der Waals surface area contributed by atoms with Crippen molar-refractivity contribution in [2.24, 2.45) is 0 Å². The molecule has 3 fully saturated rings. The van der Waals surface area contributed by atoms with E-state index in [-0.39, 0.29) is 17.7 Å². The van der Waals surface area contributed by atoms with Crippen molar-refractivity contribution in [3.05, 3.63) is 88.4 Å². The van der Waals surface area contributed by atoms with Gasteiger partial charge in [0.05, 0.1) is 6.10 Å². The van der Waals surface area contributed by atoms with E-state index in [0.29, 0.717) is 41.8 Å². The van der Waals surface area contributed by atoms with Crippen LogP contribution in [0, 0.1) is 0 Å². The number of nitrogens with zero attached hydrogens (tertiary/aromatic N) is 1. The highest BCUT2D eigenvalue weighted by atomic mass is 79.9. The van der Waals surface area contributed by atoms with Gasteiger partial charge in [-0.25, -0.2) is 4.79 Å². The molecule has 2 aliphatic heterocycles. The van der Waals surface area contributed by atoms with Gasteiger partial charge in [-0.15, -0.1) is 0 Å². The van der Waals surface area contributed by atoms with E-state index in [0.717, 1.165) is 41.3 Å². The summed E-state index contributed by atoms with van der Waals surface area (Å²) in [4.78, 5) is 55.7. The Morgan fingerprint density at radius 2 is 1.41 bits per heavy atom. The summed E-state index contributed by atoms with van der Waals surface area (Å²) >= 11 is 3.40. The molecule has 3 atom stereocenters. The second-order valence-corrected chi connectivity index (χ2v) is 16.7. The zero-order valence-electron chi connectivity index (χ0n) is 30.5. The van der Waals surface area contributed by atoms with E-state index in [1.54, 1.807) is 51.1 Å². The number of piperidine rings is 1. The highest BCUT2D eigenvalue weighted by Gasteiger charge is 2.53. The van der Waals surface area contributed by atoms with Gasteiger partial charge < -0.3 is 25.0 Å². The highest BCUT2D eigenvalue weighted by Crippen LogP contribution is 2.41. The molecule has 0 radical (unpaired) electrons. The second-order valence-electron chi connectivity index (χ2n) is 15.8. The first-order valence-corrected chi connectivity index (χ1v) is 19.4. The van der Waals surface area contributed by atoms with E-state index in [9.17, 15) is 19.2 Å². The Balaban J connectivity index is 1.14. The zero-order valence-corrected chi connectivity index (χ0v) is 32.1. The first-order chi connectivity index (χ1) is 25.6. The van der Waals surface area contributed by atoms with Crippen molar-refractivity contribution >= 4 is 61.2 Å². The molecule has 1 saturated carbocycles. The van der Waals surface area contributed by atoms with Crippen molar-refractivity contribution in [1.29, 1.82) is 0 Å². The van der Waals surface area contributed by atoms with Crippen molar-refractivity contribution in [1.82, 2.24) is 15.5 Å². The Labute approximate surface area is 321 Å². The van der Waals surface area contributed by atoms with Crippen molar-refractivity contribution in [2.45, 2.75) is 114 Å². The number of ether oxygens (including phenoxy) is 2. The third-order valence-electron chi connectivity index (χ3n) is 10.7. The lowest BCUT2D eigenvalue weighted by molar-refractivity contribution is -0.152. The van der Waals surface area contributed by atoms with E-state index < -0.39 is 58.9 Å². The molecule has 54 heavy (non-hydrogen) atoms. The van der Waals surface area contributed by atoms with Crippen LogP contribution < -0.4 is 15.4 Å². The molecule has 3 aliphatic rings. The summed E-state index contributed by atoms with van der Waals surface area (Å²) in [6.45, 7) is 5.27. The number of Topliss-reactive ketones (excluding diaryl/α,β-unsaturated/α-hetero) is 1. The Kier molecular flexibility index (Phi) is 10.4. The third-order valence-corrected chi connectivity index (χ3v) is 11.2. The van der Waals surface area contributed by atoms with E-state index in [1.165, 1.54) is 35.2 Å². The molecule has 0 aromatic heterocycles. The summed E-state index contributed by atoms with van der Waals surface area (Å²) in [6, 6.07) is 15.8. The second kappa shape index (κ2) is 14.9. The molecule has 2 heterocycles. The minimum atomic E-state index is -3.90. The standard InChI is InChI=1S/C42H44BrF2N3O6/c1-41(2,3)54-40(52)46-31-22-32-15-16-33(23-31)48(32)39(51)37(42(44,45)29-13-10-26-20-30(43)14-11-25(26)19-29)47-38(50)36(49)28-9-8-27-21-35(17-12-24(27)18-28)53-34-6-4-5-7-34/h8-14,17-21,31-34,37H,4-7,15-16,22-23H2,1-3H3,(H,46,52)(H,47,50). The smallest absolute Gasteiger partial charge is 0.407 e. The molecule has 3 amide bonds. The van der Waals surface area contributed by atoms with Crippen LogP contribution >= 0.6 is 15.9 Å². The summed E-state index contributed by atoms with van der Waals surface area (Å²) in [7, 11) is 0. The maximum absolute atomic E-state index is 16.9. The quantitative estimate of drug-likeness (QED) is 0.130. The van der Waals surface area contributed by atoms with Gasteiger partial charge in [-0.2, -0.15) is 8.78 Å². The van der Waals surface area contributed by atoms with Crippen LogP contribution in [0.1, 0.15) is 88.1 Å². The van der Waals surface area contributed by atoms with Crippen LogP contribution in [0.25, 0.3) is 21.5 Å². The molecule has 2 bridgehead atoms. The number of benzene rings is 4. The number of amides is 3. The molecule has 1 aliphatic carbocycles. The highest BCUT2D eigenvalue weighted by molar-refractivity contribution is 9.10. The fourth-order valence-corrected chi connectivity index (χ4v) is 8.52. The average Bonchev–Trinajstić information content (AvgIpc) is 3.73. The van der Waals surface area contributed by atoms with Crippen molar-refractivity contribution in [2.75, 3.05) is 0 Å². The molecule has 0 spiro atoms. The van der Waals surface area contributed by atoms with Crippen LogP contribution in [0.2, 0.25) is 0 Å². The van der Waals surface area contributed by atoms with E-state index in [2.05, 4.69) is 26.6 Å². The molecule has 284 valence electrons. The molecule has 2 N–H and O–H groups in total. The van der Waals surface area contributed by atoms with Crippen molar-refractivity contribution in [3.63, 3.8) is 0 Å². The lowest BCUT2D eigenvalue weighted by Crippen LogP contribution is -2.62. The fourth-order valence-electron chi connectivity index (χ4n) is 8.14. The molecule has 9 nitrogen and oxygen atoms in total. The van der Waals surface area contributed by atoms with Crippen molar-refractivity contribution in [3.8, 4) is 5.75 Å². The number of fused-ring (bicyclic) bond motifs is 4. The van der Waals surface area contributed by atoms with Gasteiger partial charge in [-0.3, -0.25) is 14.4 Å². The van der Waals surface area contributed by atoms with Crippen LogP contribution in [0.3, 0.4) is 0 Å². The van der Waals surface area contributed by atoms with Crippen LogP contribution in [0.5, 0.6) is 5.75 Å². The Morgan fingerprint density at radius 1 is 0.796 bits per heavy atom. The molecule has 3 unspecified atom stereocenters. The fraction of sp³-hybridized carbons (Fsp3) is 0.429. The number of carbonyl (C=O) groups is 4. The Morgan fingerprint density at radius 3 is 2.11 bits per heavy atom. The molecule has 2 saturated heterocycles. The van der Waals surface area contributed by atoms with E-state index >= 15 is 8.78 Å². The predicted molar refractivity (Wildman–Crippen MR) is 205 cm³/mol. The molecular weight excluding hydrogens is 760 g/mol. The molecular formula is C42H44BrF2N3O6. The summed E-state index contributed by atoms with van der Waals surface area (Å²) in [5.74, 6) is -6.52. The predicted octanol–water partition coefficient (Wildman–Crippen LogP) is 8.58. The molecule has 7 rings (SSSR count). The molecule has 4 aromatic rings. The number of alkyl carbamates (subject to hydrolysis) is 1. The zero-order chi connectivity index (χ0) is 38.4. The number of ketones is 1. The van der Waals surface area contributed by atoms with E-state index in [4.69, 9.17) is 9.47 Å². The van der Waals surface area contributed by atoms with Gasteiger partial charge in [0, 0.05) is 33.7 Å². The summed E-state index contributed by atoms with van der Waals surface area (Å²) in [6.07, 6.45) is 5.64. The topological polar surface area (TPSA) is 114 Å². The number of alkyl halides is 2. The number of hydrogen-bond donors (Lipinski definition) is 2. The van der Waals surface area contributed by atoms with E-state index in [1.807, 2.05) is 12.1 Å². The third kappa shape index (κ3) is 8.09. The average molecular weight is 805 g/mol. The lowest BCUT2D eigenvalue weighted by atomic mass is 9.93. The first kappa shape index (κ1) is 37.7. The Bertz CT molecular complexity index is 2100. The van der Waals surface area contributed by atoms with Gasteiger partial charge in [-0.05, 0) is 130 Å². The summed E-state index contributed by atoms with van der Waals surface area (Å²) < 4.78 is 46.0. The van der Waals surface area contributed by atoms with Gasteiger partial charge in [0.25, 0.3) is 11.8 Å².